The molecular formula is C8H19ClNO3PS. The third kappa shape index (κ3) is 3.62. The van der Waals surface area contributed by atoms with Crippen molar-refractivity contribution in [3.8, 4) is 0 Å². The van der Waals surface area contributed by atoms with Crippen LogP contribution in [-0.4, -0.2) is 39.6 Å². The van der Waals surface area contributed by atoms with Crippen LogP contribution >= 0.6 is 31.5 Å². The van der Waals surface area contributed by atoms with Crippen LogP contribution in [-0.2, 0) is 4.57 Å². The van der Waals surface area contributed by atoms with Gasteiger partial charge < -0.3 is 15.7 Å². The van der Waals surface area contributed by atoms with Crippen LogP contribution in [0.2, 0.25) is 0 Å². The number of thioether (sulfide) groups is 1. The highest BCUT2D eigenvalue weighted by Crippen LogP contribution is 2.62. The third-order valence-electron chi connectivity index (χ3n) is 2.68. The molecule has 1 aliphatic carbocycles. The predicted molar refractivity (Wildman–Crippen MR) is 67.1 cm³/mol. The monoisotopic (exact) mass is 275 g/mol. The molecule has 1 saturated carbocycles. The molecule has 1 rings (SSSR count). The summed E-state index contributed by atoms with van der Waals surface area (Å²) >= 11 is 1.49. The highest BCUT2D eigenvalue weighted by molar-refractivity contribution is 8.00. The molecule has 1 fully saturated rings. The summed E-state index contributed by atoms with van der Waals surface area (Å²) in [6.45, 7) is 0.392. The minimum Gasteiger partial charge on any atom is -0.382 e. The topological polar surface area (TPSA) is 83.5 Å². The molecule has 1 aliphatic rings. The van der Waals surface area contributed by atoms with Gasteiger partial charge in [0.15, 0.2) is 0 Å². The molecule has 2 unspecified atom stereocenters. The Morgan fingerprint density at radius 1 is 1.60 bits per heavy atom. The zero-order valence-electron chi connectivity index (χ0n) is 8.76. The van der Waals surface area contributed by atoms with Crippen molar-refractivity contribution in [1.29, 1.82) is 0 Å². The molecule has 0 amide bonds. The molecule has 0 saturated heterocycles. The van der Waals surface area contributed by atoms with E-state index in [1.54, 1.807) is 0 Å². The van der Waals surface area contributed by atoms with Gasteiger partial charge in [0, 0.05) is 6.16 Å². The lowest BCUT2D eigenvalue weighted by atomic mass is 10.4. The van der Waals surface area contributed by atoms with Crippen LogP contribution in [0.4, 0.5) is 0 Å². The van der Waals surface area contributed by atoms with E-state index in [4.69, 9.17) is 5.73 Å². The van der Waals surface area contributed by atoms with Crippen LogP contribution in [0.15, 0.2) is 0 Å². The normalized spacial score (nSPS) is 23.7. The number of halogens is 1. The third-order valence-corrected chi connectivity index (χ3v) is 6.52. The van der Waals surface area contributed by atoms with E-state index in [-0.39, 0.29) is 23.3 Å². The Hall–Kier alpha value is 0.750. The van der Waals surface area contributed by atoms with E-state index in [9.17, 15) is 14.6 Å². The van der Waals surface area contributed by atoms with Gasteiger partial charge in [-0.05, 0) is 32.1 Å². The van der Waals surface area contributed by atoms with Crippen molar-refractivity contribution >= 4 is 31.5 Å². The van der Waals surface area contributed by atoms with Crippen LogP contribution in [0.1, 0.15) is 19.3 Å². The summed E-state index contributed by atoms with van der Waals surface area (Å²) in [6.07, 6.45) is 4.17. The molecule has 0 aliphatic heterocycles. The summed E-state index contributed by atoms with van der Waals surface area (Å²) in [5.74, 6) is -1.07. The molecule has 15 heavy (non-hydrogen) atoms. The summed E-state index contributed by atoms with van der Waals surface area (Å²) in [7, 11) is -3.42. The average molecular weight is 276 g/mol. The minimum atomic E-state index is -3.42. The van der Waals surface area contributed by atoms with Crippen molar-refractivity contribution in [3.05, 3.63) is 0 Å². The molecule has 0 radical (unpaired) electrons. The maximum Gasteiger partial charge on any atom is 0.229 e. The highest BCUT2D eigenvalue weighted by Gasteiger charge is 2.54. The molecule has 92 valence electrons. The summed E-state index contributed by atoms with van der Waals surface area (Å²) in [5.41, 5.74) is 5.27. The summed E-state index contributed by atoms with van der Waals surface area (Å²) < 4.78 is 11.4. The average Bonchev–Trinajstić information content (AvgIpc) is 2.94. The molecule has 0 aromatic rings. The number of nitrogens with two attached hydrogens (primary N) is 1. The Labute approximate surface area is 101 Å². The first-order chi connectivity index (χ1) is 6.48. The molecule has 4 nitrogen and oxygen atoms in total. The van der Waals surface area contributed by atoms with E-state index in [1.165, 1.54) is 11.8 Å². The number of aliphatic hydroxyl groups is 1. The Balaban J connectivity index is 0.00000196. The Bertz CT molecular complexity index is 250. The zero-order chi connectivity index (χ0) is 10.8. The fourth-order valence-electron chi connectivity index (χ4n) is 1.50. The van der Waals surface area contributed by atoms with Gasteiger partial charge in [-0.25, -0.2) is 0 Å². The molecule has 2 atom stereocenters. The van der Waals surface area contributed by atoms with Crippen LogP contribution in [0.3, 0.4) is 0 Å². The predicted octanol–water partition coefficient (Wildman–Crippen LogP) is 1.24. The fraction of sp³-hybridized carbons (Fsp3) is 1.00. The Morgan fingerprint density at radius 2 is 2.13 bits per heavy atom. The second kappa shape index (κ2) is 5.89. The van der Waals surface area contributed by atoms with Crippen molar-refractivity contribution in [3.63, 3.8) is 0 Å². The van der Waals surface area contributed by atoms with Gasteiger partial charge in [-0.3, -0.25) is 4.57 Å². The van der Waals surface area contributed by atoms with E-state index in [2.05, 4.69) is 0 Å². The van der Waals surface area contributed by atoms with Crippen molar-refractivity contribution in [2.75, 3.05) is 19.0 Å². The smallest absolute Gasteiger partial charge is 0.229 e. The molecular weight excluding hydrogens is 257 g/mol. The largest absolute Gasteiger partial charge is 0.382 e. The fourth-order valence-corrected chi connectivity index (χ4v) is 4.90. The van der Waals surface area contributed by atoms with Crippen LogP contribution < -0.4 is 5.73 Å². The number of aliphatic hydroxyl groups excluding tert-OH is 1. The van der Waals surface area contributed by atoms with Gasteiger partial charge in [-0.1, -0.05) is 0 Å². The highest BCUT2D eigenvalue weighted by atomic mass is 35.5. The first-order valence-corrected chi connectivity index (χ1v) is 7.87. The van der Waals surface area contributed by atoms with E-state index >= 15 is 0 Å². The van der Waals surface area contributed by atoms with Crippen molar-refractivity contribution < 1.29 is 14.6 Å². The van der Waals surface area contributed by atoms with Gasteiger partial charge in [0.1, 0.15) is 5.85 Å². The lowest BCUT2D eigenvalue weighted by Gasteiger charge is -2.24. The quantitative estimate of drug-likeness (QED) is 0.635. The van der Waals surface area contributed by atoms with Gasteiger partial charge >= 0.3 is 0 Å². The lowest BCUT2D eigenvalue weighted by molar-refractivity contribution is 0.220. The molecule has 4 N–H and O–H groups in total. The molecule has 0 heterocycles. The summed E-state index contributed by atoms with van der Waals surface area (Å²) in [4.78, 5) is 9.66. The van der Waals surface area contributed by atoms with Gasteiger partial charge in [0.05, 0.1) is 4.75 Å². The maximum atomic E-state index is 11.8. The van der Waals surface area contributed by atoms with Crippen LogP contribution in [0.25, 0.3) is 0 Å². The standard InChI is InChI=1S/C8H18NO3PS.ClH/c1-14-8(3-4-8)7(10)13(11,12)6-2-5-9;/h7,10H,2-6,9H2,1H3,(H,11,12);1H. The van der Waals surface area contributed by atoms with E-state index < -0.39 is 13.2 Å². The zero-order valence-corrected chi connectivity index (χ0v) is 11.3. The van der Waals surface area contributed by atoms with Gasteiger partial charge in [-0.15, -0.1) is 12.4 Å². The molecule has 0 bridgehead atoms. The van der Waals surface area contributed by atoms with E-state index in [0.29, 0.717) is 13.0 Å². The Morgan fingerprint density at radius 3 is 2.47 bits per heavy atom. The van der Waals surface area contributed by atoms with E-state index in [1.807, 2.05) is 6.26 Å². The Kier molecular flexibility index (Phi) is 6.19. The van der Waals surface area contributed by atoms with Gasteiger partial charge in [0.2, 0.25) is 7.37 Å². The van der Waals surface area contributed by atoms with Crippen molar-refractivity contribution in [2.45, 2.75) is 29.9 Å². The summed E-state index contributed by atoms with van der Waals surface area (Å²) in [5, 5.41) is 9.82. The first kappa shape index (κ1) is 15.8. The van der Waals surface area contributed by atoms with Crippen molar-refractivity contribution in [2.24, 2.45) is 5.73 Å². The number of rotatable bonds is 6. The minimum absolute atomic E-state index is 0. The van der Waals surface area contributed by atoms with Crippen LogP contribution in [0, 0.1) is 0 Å². The molecule has 0 aromatic heterocycles. The number of hydrogen-bond donors (Lipinski definition) is 3. The SMILES string of the molecule is CSC1(C(O)P(=O)(O)CCCN)CC1.Cl. The van der Waals surface area contributed by atoms with Gasteiger partial charge in [-0.2, -0.15) is 11.8 Å². The van der Waals surface area contributed by atoms with Crippen molar-refractivity contribution in [1.82, 2.24) is 0 Å². The molecule has 0 aromatic carbocycles. The second-order valence-corrected chi connectivity index (χ2v) is 7.43. The number of hydrogen-bond acceptors (Lipinski definition) is 4. The van der Waals surface area contributed by atoms with E-state index in [0.717, 1.165) is 12.8 Å². The lowest BCUT2D eigenvalue weighted by Crippen LogP contribution is -2.26. The van der Waals surface area contributed by atoms with Gasteiger partial charge in [0.25, 0.3) is 0 Å². The molecule has 7 heteroatoms. The maximum absolute atomic E-state index is 11.8. The first-order valence-electron chi connectivity index (χ1n) is 4.73. The summed E-state index contributed by atoms with van der Waals surface area (Å²) in [6, 6.07) is 0. The molecule has 0 spiro atoms. The van der Waals surface area contributed by atoms with Crippen LogP contribution in [0.5, 0.6) is 0 Å². The second-order valence-electron chi connectivity index (χ2n) is 3.76.